The topological polar surface area (TPSA) is 62.5 Å². The van der Waals surface area contributed by atoms with Crippen LogP contribution in [0.1, 0.15) is 29.0 Å². The molecule has 2 aromatic rings. The molecule has 1 aromatic heterocycles. The Morgan fingerprint density at radius 2 is 1.86 bits per heavy atom. The van der Waals surface area contributed by atoms with E-state index in [2.05, 4.69) is 19.9 Å². The number of carbonyl (C=O) groups is 1. The molecule has 0 atom stereocenters. The van der Waals surface area contributed by atoms with E-state index >= 15 is 0 Å². The number of anilines is 1. The summed E-state index contributed by atoms with van der Waals surface area (Å²) < 4.78 is 5.17. The fourth-order valence-electron chi connectivity index (χ4n) is 2.67. The number of carbonyl (C=O) groups excluding carboxylic acids is 1. The molecule has 0 bridgehead atoms. The van der Waals surface area contributed by atoms with E-state index in [1.807, 2.05) is 31.2 Å². The second-order valence-corrected chi connectivity index (χ2v) is 5.60. The first-order chi connectivity index (χ1) is 10.6. The van der Waals surface area contributed by atoms with Gasteiger partial charge in [0, 0.05) is 37.4 Å². The highest BCUT2D eigenvalue weighted by molar-refractivity contribution is 5.94. The van der Waals surface area contributed by atoms with Crippen molar-refractivity contribution in [3.63, 3.8) is 0 Å². The number of aromatic nitrogens is 2. The SMILES string of the molecule is CC(=O)c1ccc(N2CCN(Cc3nc(C)no3)CC2)cc1. The summed E-state index contributed by atoms with van der Waals surface area (Å²) >= 11 is 0. The van der Waals surface area contributed by atoms with Gasteiger partial charge >= 0.3 is 0 Å². The van der Waals surface area contributed by atoms with E-state index in [1.54, 1.807) is 6.92 Å². The average Bonchev–Trinajstić information content (AvgIpc) is 2.93. The molecule has 1 aliphatic heterocycles. The second-order valence-electron chi connectivity index (χ2n) is 5.60. The summed E-state index contributed by atoms with van der Waals surface area (Å²) in [5.74, 6) is 1.46. The number of piperazine rings is 1. The maximum absolute atomic E-state index is 11.3. The zero-order valence-electron chi connectivity index (χ0n) is 13.0. The summed E-state index contributed by atoms with van der Waals surface area (Å²) in [5, 5.41) is 3.82. The minimum absolute atomic E-state index is 0.103. The summed E-state index contributed by atoms with van der Waals surface area (Å²) in [6, 6.07) is 7.83. The van der Waals surface area contributed by atoms with Crippen molar-refractivity contribution in [2.75, 3.05) is 31.1 Å². The maximum atomic E-state index is 11.3. The molecular weight excluding hydrogens is 280 g/mol. The van der Waals surface area contributed by atoms with E-state index in [1.165, 1.54) is 5.69 Å². The van der Waals surface area contributed by atoms with Crippen molar-refractivity contribution in [1.29, 1.82) is 0 Å². The molecule has 22 heavy (non-hydrogen) atoms. The smallest absolute Gasteiger partial charge is 0.240 e. The first-order valence-corrected chi connectivity index (χ1v) is 7.49. The Hall–Kier alpha value is -2.21. The Labute approximate surface area is 129 Å². The van der Waals surface area contributed by atoms with Crippen molar-refractivity contribution in [2.45, 2.75) is 20.4 Å². The highest BCUT2D eigenvalue weighted by atomic mass is 16.5. The van der Waals surface area contributed by atoms with E-state index in [0.717, 1.165) is 31.7 Å². The number of nitrogens with zero attached hydrogens (tertiary/aromatic N) is 4. The number of benzene rings is 1. The van der Waals surface area contributed by atoms with Gasteiger partial charge in [0.2, 0.25) is 5.89 Å². The zero-order valence-corrected chi connectivity index (χ0v) is 13.0. The van der Waals surface area contributed by atoms with Crippen molar-refractivity contribution >= 4 is 11.5 Å². The van der Waals surface area contributed by atoms with Crippen LogP contribution in [0.2, 0.25) is 0 Å². The highest BCUT2D eigenvalue weighted by Crippen LogP contribution is 2.18. The van der Waals surface area contributed by atoms with Gasteiger partial charge in [-0.3, -0.25) is 9.69 Å². The van der Waals surface area contributed by atoms with Gasteiger partial charge in [0.1, 0.15) is 0 Å². The number of hydrogen-bond donors (Lipinski definition) is 0. The predicted octanol–water partition coefficient (Wildman–Crippen LogP) is 1.90. The number of Topliss-reactive ketones (excluding diaryl/α,β-unsaturated/α-hetero) is 1. The summed E-state index contributed by atoms with van der Waals surface area (Å²) in [4.78, 5) is 20.2. The van der Waals surface area contributed by atoms with Gasteiger partial charge in [-0.2, -0.15) is 4.98 Å². The molecule has 1 aliphatic rings. The van der Waals surface area contributed by atoms with Crippen molar-refractivity contribution in [1.82, 2.24) is 15.0 Å². The van der Waals surface area contributed by atoms with Gasteiger partial charge in [-0.15, -0.1) is 0 Å². The molecule has 0 unspecified atom stereocenters. The van der Waals surface area contributed by atoms with Crippen molar-refractivity contribution < 1.29 is 9.32 Å². The van der Waals surface area contributed by atoms with Crippen molar-refractivity contribution in [3.8, 4) is 0 Å². The van der Waals surface area contributed by atoms with Crippen LogP contribution in [0, 0.1) is 6.92 Å². The maximum Gasteiger partial charge on any atom is 0.240 e. The third-order valence-electron chi connectivity index (χ3n) is 3.94. The van der Waals surface area contributed by atoms with Crippen LogP contribution in [-0.2, 0) is 6.54 Å². The number of aryl methyl sites for hydroxylation is 1. The lowest BCUT2D eigenvalue weighted by molar-refractivity contribution is 0.101. The van der Waals surface area contributed by atoms with E-state index in [-0.39, 0.29) is 5.78 Å². The molecule has 0 saturated carbocycles. The lowest BCUT2D eigenvalue weighted by atomic mass is 10.1. The molecule has 1 aromatic carbocycles. The van der Waals surface area contributed by atoms with Gasteiger partial charge in [0.25, 0.3) is 0 Å². The Morgan fingerprint density at radius 3 is 2.41 bits per heavy atom. The monoisotopic (exact) mass is 300 g/mol. The van der Waals surface area contributed by atoms with Crippen LogP contribution in [0.4, 0.5) is 5.69 Å². The summed E-state index contributed by atoms with van der Waals surface area (Å²) in [5.41, 5.74) is 1.92. The number of ketones is 1. The van der Waals surface area contributed by atoms with Crippen molar-refractivity contribution in [2.24, 2.45) is 0 Å². The van der Waals surface area contributed by atoms with Gasteiger partial charge < -0.3 is 9.42 Å². The molecule has 2 heterocycles. The van der Waals surface area contributed by atoms with Gasteiger partial charge in [0.15, 0.2) is 11.6 Å². The molecule has 116 valence electrons. The van der Waals surface area contributed by atoms with Crippen LogP contribution in [0.25, 0.3) is 0 Å². The first-order valence-electron chi connectivity index (χ1n) is 7.49. The standard InChI is InChI=1S/C16H20N4O2/c1-12(21)14-3-5-15(6-4-14)20-9-7-19(8-10-20)11-16-17-13(2)18-22-16/h3-6H,7-11H2,1-2H3. The van der Waals surface area contributed by atoms with Gasteiger partial charge in [0.05, 0.1) is 6.54 Å². The third-order valence-corrected chi connectivity index (χ3v) is 3.94. The number of hydrogen-bond acceptors (Lipinski definition) is 6. The lowest BCUT2D eigenvalue weighted by Gasteiger charge is -2.35. The molecule has 0 amide bonds. The largest absolute Gasteiger partial charge is 0.369 e. The molecule has 1 saturated heterocycles. The molecule has 3 rings (SSSR count). The fraction of sp³-hybridized carbons (Fsp3) is 0.438. The van der Waals surface area contributed by atoms with E-state index < -0.39 is 0 Å². The highest BCUT2D eigenvalue weighted by Gasteiger charge is 2.19. The Bertz CT molecular complexity index is 642. The van der Waals surface area contributed by atoms with Crippen LogP contribution in [-0.4, -0.2) is 47.0 Å². The van der Waals surface area contributed by atoms with Gasteiger partial charge in [-0.1, -0.05) is 5.16 Å². The van der Waals surface area contributed by atoms with E-state index in [0.29, 0.717) is 18.3 Å². The Morgan fingerprint density at radius 1 is 1.18 bits per heavy atom. The number of rotatable bonds is 4. The van der Waals surface area contributed by atoms with E-state index in [4.69, 9.17) is 4.52 Å². The Kier molecular flexibility index (Phi) is 4.20. The minimum Gasteiger partial charge on any atom is -0.369 e. The summed E-state index contributed by atoms with van der Waals surface area (Å²) in [6.07, 6.45) is 0. The van der Waals surface area contributed by atoms with Crippen LogP contribution < -0.4 is 4.90 Å². The normalized spacial score (nSPS) is 16.0. The molecule has 0 spiro atoms. The molecule has 6 nitrogen and oxygen atoms in total. The van der Waals surface area contributed by atoms with Gasteiger partial charge in [-0.05, 0) is 38.1 Å². The van der Waals surface area contributed by atoms with Crippen LogP contribution in [0.5, 0.6) is 0 Å². The molecule has 6 heteroatoms. The van der Waals surface area contributed by atoms with Gasteiger partial charge in [-0.25, -0.2) is 0 Å². The molecule has 0 radical (unpaired) electrons. The average molecular weight is 300 g/mol. The summed E-state index contributed by atoms with van der Waals surface area (Å²) in [6.45, 7) is 7.94. The quantitative estimate of drug-likeness (QED) is 0.804. The predicted molar refractivity (Wildman–Crippen MR) is 83.0 cm³/mol. The Balaban J connectivity index is 1.56. The fourth-order valence-corrected chi connectivity index (χ4v) is 2.67. The molecule has 0 aliphatic carbocycles. The minimum atomic E-state index is 0.103. The lowest BCUT2D eigenvalue weighted by Crippen LogP contribution is -2.46. The summed E-state index contributed by atoms with van der Waals surface area (Å²) in [7, 11) is 0. The van der Waals surface area contributed by atoms with E-state index in [9.17, 15) is 4.79 Å². The second kappa shape index (κ2) is 6.27. The van der Waals surface area contributed by atoms with Crippen LogP contribution >= 0.6 is 0 Å². The molecular formula is C16H20N4O2. The molecule has 1 fully saturated rings. The van der Waals surface area contributed by atoms with Crippen molar-refractivity contribution in [3.05, 3.63) is 41.5 Å². The molecule has 0 N–H and O–H groups in total. The first kappa shape index (κ1) is 14.7. The zero-order chi connectivity index (χ0) is 15.5. The van der Waals surface area contributed by atoms with Crippen LogP contribution in [0.3, 0.4) is 0 Å². The van der Waals surface area contributed by atoms with Crippen LogP contribution in [0.15, 0.2) is 28.8 Å². The third kappa shape index (κ3) is 3.33.